The lowest BCUT2D eigenvalue weighted by atomic mass is 10.0. The van der Waals surface area contributed by atoms with Gasteiger partial charge in [0.25, 0.3) is 0 Å². The Hall–Kier alpha value is -2.79. The molecular weight excluding hydrogens is 468 g/mol. The number of nitrogens with one attached hydrogen (secondary N) is 2. The first-order chi connectivity index (χ1) is 17.0. The molecule has 0 aliphatic rings. The van der Waals surface area contributed by atoms with Gasteiger partial charge in [-0.15, -0.1) is 0 Å². The number of phenolic OH excluding ortho intramolecular Hbond substituents is 1. The second-order valence-corrected chi connectivity index (χ2v) is 8.75. The van der Waals surface area contributed by atoms with Crippen LogP contribution in [0, 0.1) is 0 Å². The number of aliphatic hydroxyl groups is 1. The molecule has 0 heterocycles. The molecule has 0 aliphatic carbocycles. The SMILES string of the molecule is O=S(O)NCc1cc(C(O)CNCCc2ccc(OCCOCc3ccccc3)cc2)ccc1O. The fourth-order valence-electron chi connectivity index (χ4n) is 3.42. The minimum atomic E-state index is -2.18. The first-order valence-corrected chi connectivity index (χ1v) is 12.5. The van der Waals surface area contributed by atoms with Gasteiger partial charge in [0.15, 0.2) is 0 Å². The molecule has 35 heavy (non-hydrogen) atoms. The van der Waals surface area contributed by atoms with Crippen LogP contribution in [0.15, 0.2) is 72.8 Å². The largest absolute Gasteiger partial charge is 0.508 e. The molecule has 188 valence electrons. The molecule has 0 amide bonds. The highest BCUT2D eigenvalue weighted by Crippen LogP contribution is 2.22. The number of hydrogen-bond donors (Lipinski definition) is 5. The molecule has 0 aromatic heterocycles. The summed E-state index contributed by atoms with van der Waals surface area (Å²) in [6.07, 6.45) is 0.0223. The van der Waals surface area contributed by atoms with Gasteiger partial charge in [0.1, 0.15) is 18.1 Å². The molecule has 0 bridgehead atoms. The first kappa shape index (κ1) is 26.8. The Morgan fingerprint density at radius 1 is 0.943 bits per heavy atom. The lowest BCUT2D eigenvalue weighted by Gasteiger charge is -2.14. The maximum atomic E-state index is 10.8. The van der Waals surface area contributed by atoms with Gasteiger partial charge in [0.2, 0.25) is 11.3 Å². The smallest absolute Gasteiger partial charge is 0.232 e. The van der Waals surface area contributed by atoms with Crippen LogP contribution >= 0.6 is 0 Å². The number of aliphatic hydroxyl groups excluding tert-OH is 1. The average Bonchev–Trinajstić information content (AvgIpc) is 2.87. The molecule has 5 N–H and O–H groups in total. The summed E-state index contributed by atoms with van der Waals surface area (Å²) in [6.45, 7) is 2.61. The van der Waals surface area contributed by atoms with Crippen LogP contribution in [-0.2, 0) is 35.6 Å². The van der Waals surface area contributed by atoms with E-state index < -0.39 is 17.4 Å². The second kappa shape index (κ2) is 14.6. The Balaban J connectivity index is 1.32. The van der Waals surface area contributed by atoms with Crippen LogP contribution in [0.4, 0.5) is 0 Å². The van der Waals surface area contributed by atoms with Gasteiger partial charge in [0.05, 0.1) is 19.3 Å². The topological polar surface area (TPSA) is 120 Å². The monoisotopic (exact) mass is 500 g/mol. The van der Waals surface area contributed by atoms with Crippen molar-refractivity contribution < 1.29 is 28.4 Å². The number of aromatic hydroxyl groups is 1. The van der Waals surface area contributed by atoms with E-state index in [1.165, 1.54) is 6.07 Å². The van der Waals surface area contributed by atoms with Crippen LogP contribution in [0.25, 0.3) is 0 Å². The Bertz CT molecular complexity index is 1050. The molecule has 9 heteroatoms. The number of rotatable bonds is 15. The van der Waals surface area contributed by atoms with Gasteiger partial charge in [0, 0.05) is 18.7 Å². The molecule has 0 saturated heterocycles. The van der Waals surface area contributed by atoms with Crippen molar-refractivity contribution in [1.82, 2.24) is 10.0 Å². The summed E-state index contributed by atoms with van der Waals surface area (Å²) in [4.78, 5) is 0. The average molecular weight is 501 g/mol. The molecule has 0 spiro atoms. The summed E-state index contributed by atoms with van der Waals surface area (Å²) in [5.74, 6) is 0.794. The summed E-state index contributed by atoms with van der Waals surface area (Å²) < 4.78 is 33.3. The van der Waals surface area contributed by atoms with Crippen molar-refractivity contribution in [1.29, 1.82) is 0 Å². The zero-order valence-electron chi connectivity index (χ0n) is 19.4. The lowest BCUT2D eigenvalue weighted by molar-refractivity contribution is 0.0889. The van der Waals surface area contributed by atoms with Crippen LogP contribution < -0.4 is 14.8 Å². The lowest BCUT2D eigenvalue weighted by Crippen LogP contribution is -2.24. The summed E-state index contributed by atoms with van der Waals surface area (Å²) >= 11 is -2.18. The van der Waals surface area contributed by atoms with Gasteiger partial charge in [-0.1, -0.05) is 48.5 Å². The van der Waals surface area contributed by atoms with E-state index in [9.17, 15) is 14.4 Å². The normalized spacial score (nSPS) is 12.9. The fraction of sp³-hybridized carbons (Fsp3) is 0.308. The first-order valence-electron chi connectivity index (χ1n) is 11.4. The summed E-state index contributed by atoms with van der Waals surface area (Å²) in [5, 5.41) is 23.5. The van der Waals surface area contributed by atoms with E-state index in [0.717, 1.165) is 23.3 Å². The minimum absolute atomic E-state index is 0.000930. The number of hydrogen-bond acceptors (Lipinski definition) is 6. The molecule has 3 aromatic carbocycles. The number of benzene rings is 3. The van der Waals surface area contributed by atoms with Crippen LogP contribution in [0.1, 0.15) is 28.4 Å². The van der Waals surface area contributed by atoms with Crippen LogP contribution in [-0.4, -0.2) is 45.3 Å². The Labute approximate surface area is 208 Å². The van der Waals surface area contributed by atoms with E-state index >= 15 is 0 Å². The quantitative estimate of drug-likeness (QED) is 0.161. The zero-order valence-corrected chi connectivity index (χ0v) is 20.2. The van der Waals surface area contributed by atoms with Gasteiger partial charge in [-0.05, 0) is 53.9 Å². The summed E-state index contributed by atoms with van der Waals surface area (Å²) in [6, 6.07) is 22.6. The van der Waals surface area contributed by atoms with E-state index in [4.69, 9.17) is 14.0 Å². The van der Waals surface area contributed by atoms with Crippen LogP contribution in [0.5, 0.6) is 11.5 Å². The van der Waals surface area contributed by atoms with Gasteiger partial charge in [-0.2, -0.15) is 0 Å². The van der Waals surface area contributed by atoms with Gasteiger partial charge in [-0.25, -0.2) is 8.93 Å². The maximum absolute atomic E-state index is 10.8. The molecule has 0 radical (unpaired) electrons. The van der Waals surface area contributed by atoms with E-state index in [1.54, 1.807) is 12.1 Å². The summed E-state index contributed by atoms with van der Waals surface area (Å²) in [7, 11) is 0. The molecule has 3 aromatic rings. The third kappa shape index (κ3) is 9.77. The molecule has 0 aliphatic heterocycles. The van der Waals surface area contributed by atoms with E-state index in [1.807, 2.05) is 54.6 Å². The van der Waals surface area contributed by atoms with Gasteiger partial charge in [-0.3, -0.25) is 4.55 Å². The third-order valence-electron chi connectivity index (χ3n) is 5.33. The fourth-order valence-corrected chi connectivity index (χ4v) is 3.70. The Morgan fingerprint density at radius 2 is 1.71 bits per heavy atom. The van der Waals surface area contributed by atoms with Gasteiger partial charge < -0.3 is 25.0 Å². The van der Waals surface area contributed by atoms with Gasteiger partial charge >= 0.3 is 0 Å². The summed E-state index contributed by atoms with van der Waals surface area (Å²) in [5.41, 5.74) is 3.34. The molecule has 3 rings (SSSR count). The predicted molar refractivity (Wildman–Crippen MR) is 135 cm³/mol. The molecule has 8 nitrogen and oxygen atoms in total. The molecular formula is C26H32N2O6S. The van der Waals surface area contributed by atoms with Crippen molar-refractivity contribution in [2.24, 2.45) is 0 Å². The predicted octanol–water partition coefficient (Wildman–Crippen LogP) is 3.08. The maximum Gasteiger partial charge on any atom is 0.232 e. The van der Waals surface area contributed by atoms with Crippen molar-refractivity contribution in [2.75, 3.05) is 26.3 Å². The van der Waals surface area contributed by atoms with Crippen molar-refractivity contribution in [3.05, 3.63) is 95.1 Å². The molecule has 2 atom stereocenters. The number of ether oxygens (including phenoxy) is 2. The Kier molecular flexibility index (Phi) is 11.2. The number of phenols is 1. The highest BCUT2D eigenvalue weighted by Gasteiger charge is 2.11. The van der Waals surface area contributed by atoms with E-state index in [0.29, 0.717) is 44.0 Å². The molecule has 2 unspecified atom stereocenters. The van der Waals surface area contributed by atoms with Crippen molar-refractivity contribution in [3.8, 4) is 11.5 Å². The van der Waals surface area contributed by atoms with Crippen molar-refractivity contribution in [3.63, 3.8) is 0 Å². The van der Waals surface area contributed by atoms with E-state index in [2.05, 4.69) is 10.0 Å². The van der Waals surface area contributed by atoms with Crippen LogP contribution in [0.3, 0.4) is 0 Å². The second-order valence-electron chi connectivity index (χ2n) is 7.96. The molecule has 0 saturated carbocycles. The zero-order chi connectivity index (χ0) is 24.9. The molecule has 0 fully saturated rings. The van der Waals surface area contributed by atoms with E-state index in [-0.39, 0.29) is 12.3 Å². The van der Waals surface area contributed by atoms with Crippen LogP contribution in [0.2, 0.25) is 0 Å². The minimum Gasteiger partial charge on any atom is -0.508 e. The Morgan fingerprint density at radius 3 is 2.46 bits per heavy atom. The highest BCUT2D eigenvalue weighted by atomic mass is 32.2. The van der Waals surface area contributed by atoms with Crippen molar-refractivity contribution >= 4 is 11.3 Å². The highest BCUT2D eigenvalue weighted by molar-refractivity contribution is 7.77. The standard InChI is InChI=1S/C26H32N2O6S/c29-25-11-8-22(16-23(25)17-28-35(31)32)26(30)18-27-13-12-20-6-9-24(10-7-20)34-15-14-33-19-21-4-2-1-3-5-21/h1-11,16,26-30H,12-15,17-19H2,(H,31,32). The third-order valence-corrected chi connectivity index (χ3v) is 5.73. The van der Waals surface area contributed by atoms with Crippen molar-refractivity contribution in [2.45, 2.75) is 25.7 Å².